The van der Waals surface area contributed by atoms with Gasteiger partial charge in [0, 0.05) is 6.07 Å². The number of rotatable bonds is 5. The second kappa shape index (κ2) is 4.74. The van der Waals surface area contributed by atoms with Gasteiger partial charge in [0.25, 0.3) is 0 Å². The van der Waals surface area contributed by atoms with Crippen LogP contribution in [-0.2, 0) is 0 Å². The van der Waals surface area contributed by atoms with Crippen LogP contribution in [0.4, 0.5) is 0 Å². The van der Waals surface area contributed by atoms with Gasteiger partial charge in [0.1, 0.15) is 11.5 Å². The van der Waals surface area contributed by atoms with E-state index in [1.54, 1.807) is 14.2 Å². The van der Waals surface area contributed by atoms with Gasteiger partial charge in [0.15, 0.2) is 0 Å². The summed E-state index contributed by atoms with van der Waals surface area (Å²) in [5.74, 6) is 3.20. The van der Waals surface area contributed by atoms with Crippen LogP contribution in [0.15, 0.2) is 18.2 Å². The van der Waals surface area contributed by atoms with Gasteiger partial charge in [-0.1, -0.05) is 6.07 Å². The molecule has 0 spiro atoms. The van der Waals surface area contributed by atoms with Gasteiger partial charge in [-0.2, -0.15) is 0 Å². The molecule has 3 heteroatoms. The van der Waals surface area contributed by atoms with E-state index in [1.165, 1.54) is 12.0 Å². The summed E-state index contributed by atoms with van der Waals surface area (Å²) >= 11 is 0. The molecule has 16 heavy (non-hydrogen) atoms. The topological polar surface area (TPSA) is 30.5 Å². The van der Waals surface area contributed by atoms with Crippen LogP contribution < -0.4 is 14.8 Å². The van der Waals surface area contributed by atoms with E-state index < -0.39 is 0 Å². The molecule has 0 heterocycles. The van der Waals surface area contributed by atoms with Crippen molar-refractivity contribution in [2.75, 3.05) is 27.8 Å². The van der Waals surface area contributed by atoms with Gasteiger partial charge in [-0.15, -0.1) is 0 Å². The molecule has 3 nitrogen and oxygen atoms in total. The van der Waals surface area contributed by atoms with Crippen molar-refractivity contribution in [3.8, 4) is 11.5 Å². The van der Waals surface area contributed by atoms with Gasteiger partial charge in [-0.25, -0.2) is 0 Å². The Kier molecular flexibility index (Phi) is 3.34. The number of hydrogen-bond acceptors (Lipinski definition) is 3. The van der Waals surface area contributed by atoms with Gasteiger partial charge in [-0.05, 0) is 43.5 Å². The number of nitrogens with one attached hydrogen (secondary N) is 1. The lowest BCUT2D eigenvalue weighted by Crippen LogP contribution is -2.10. The summed E-state index contributed by atoms with van der Waals surface area (Å²) in [7, 11) is 5.39. The van der Waals surface area contributed by atoms with E-state index in [9.17, 15) is 0 Å². The van der Waals surface area contributed by atoms with E-state index in [0.717, 1.165) is 24.0 Å². The van der Waals surface area contributed by atoms with Crippen molar-refractivity contribution in [3.05, 3.63) is 23.8 Å². The van der Waals surface area contributed by atoms with Crippen LogP contribution in [0.2, 0.25) is 0 Å². The molecule has 0 bridgehead atoms. The fraction of sp³-hybridized carbons (Fsp3) is 0.538. The maximum Gasteiger partial charge on any atom is 0.126 e. The maximum atomic E-state index is 5.42. The van der Waals surface area contributed by atoms with Crippen molar-refractivity contribution in [1.82, 2.24) is 5.32 Å². The van der Waals surface area contributed by atoms with Crippen molar-refractivity contribution in [2.45, 2.75) is 12.3 Å². The van der Waals surface area contributed by atoms with Crippen molar-refractivity contribution in [3.63, 3.8) is 0 Å². The maximum absolute atomic E-state index is 5.42. The summed E-state index contributed by atoms with van der Waals surface area (Å²) in [4.78, 5) is 0. The number of benzene rings is 1. The van der Waals surface area contributed by atoms with Gasteiger partial charge >= 0.3 is 0 Å². The summed E-state index contributed by atoms with van der Waals surface area (Å²) < 4.78 is 10.6. The molecular weight excluding hydrogens is 202 g/mol. The highest BCUT2D eigenvalue weighted by Gasteiger charge is 2.39. The molecular formula is C13H19NO2. The first-order valence-corrected chi connectivity index (χ1v) is 5.66. The third kappa shape index (κ3) is 2.14. The molecule has 1 aromatic carbocycles. The molecule has 2 rings (SSSR count). The molecule has 1 saturated carbocycles. The first-order valence-electron chi connectivity index (χ1n) is 5.66. The van der Waals surface area contributed by atoms with Crippen molar-refractivity contribution in [2.24, 2.45) is 5.92 Å². The molecule has 0 aromatic heterocycles. The highest BCUT2D eigenvalue weighted by Crippen LogP contribution is 2.50. The first-order chi connectivity index (χ1) is 7.80. The van der Waals surface area contributed by atoms with Gasteiger partial charge < -0.3 is 14.8 Å². The molecule has 88 valence electrons. The zero-order valence-electron chi connectivity index (χ0n) is 10.1. The highest BCUT2D eigenvalue weighted by atomic mass is 16.5. The third-order valence-electron chi connectivity index (χ3n) is 3.23. The predicted octanol–water partition coefficient (Wildman–Crippen LogP) is 2.03. The van der Waals surface area contributed by atoms with E-state index in [2.05, 4.69) is 11.4 Å². The molecule has 0 saturated heterocycles. The van der Waals surface area contributed by atoms with E-state index in [0.29, 0.717) is 5.92 Å². The Bertz CT molecular complexity index is 365. The van der Waals surface area contributed by atoms with Crippen molar-refractivity contribution in [1.29, 1.82) is 0 Å². The normalized spacial score (nSPS) is 22.9. The molecule has 0 aliphatic heterocycles. The quantitative estimate of drug-likeness (QED) is 0.825. The largest absolute Gasteiger partial charge is 0.497 e. The number of ether oxygens (including phenoxy) is 2. The minimum absolute atomic E-state index is 0.647. The summed E-state index contributed by atoms with van der Waals surface area (Å²) in [5, 5.41) is 3.22. The Morgan fingerprint density at radius 3 is 2.75 bits per heavy atom. The summed E-state index contributed by atoms with van der Waals surface area (Å²) in [5.41, 5.74) is 1.31. The lowest BCUT2D eigenvalue weighted by Gasteiger charge is -2.10. The fourth-order valence-electron chi connectivity index (χ4n) is 2.24. The van der Waals surface area contributed by atoms with Crippen molar-refractivity contribution < 1.29 is 9.47 Å². The lowest BCUT2D eigenvalue weighted by atomic mass is 10.1. The number of hydrogen-bond donors (Lipinski definition) is 1. The van der Waals surface area contributed by atoms with E-state index in [4.69, 9.17) is 9.47 Å². The smallest absolute Gasteiger partial charge is 0.126 e. The van der Waals surface area contributed by atoms with Gasteiger partial charge in [-0.3, -0.25) is 0 Å². The van der Waals surface area contributed by atoms with Gasteiger partial charge in [0.2, 0.25) is 0 Å². The monoisotopic (exact) mass is 221 g/mol. The zero-order chi connectivity index (χ0) is 11.5. The Morgan fingerprint density at radius 1 is 1.31 bits per heavy atom. The molecule has 1 aliphatic rings. The van der Waals surface area contributed by atoms with Crippen LogP contribution in [0.1, 0.15) is 17.9 Å². The summed E-state index contributed by atoms with van der Waals surface area (Å²) in [6.07, 6.45) is 1.25. The second-order valence-electron chi connectivity index (χ2n) is 4.27. The number of methoxy groups -OCH3 is 2. The van der Waals surface area contributed by atoms with Gasteiger partial charge in [0.05, 0.1) is 14.2 Å². The first kappa shape index (κ1) is 11.3. The van der Waals surface area contributed by atoms with Crippen LogP contribution in [0.3, 0.4) is 0 Å². The van der Waals surface area contributed by atoms with Crippen LogP contribution in [-0.4, -0.2) is 27.8 Å². The summed E-state index contributed by atoms with van der Waals surface area (Å²) in [6.45, 7) is 1.08. The summed E-state index contributed by atoms with van der Waals surface area (Å²) in [6, 6.07) is 6.09. The zero-order valence-corrected chi connectivity index (χ0v) is 10.1. The average Bonchev–Trinajstić information content (AvgIpc) is 3.08. The molecule has 1 fully saturated rings. The van der Waals surface area contributed by atoms with Crippen LogP contribution in [0.25, 0.3) is 0 Å². The average molecular weight is 221 g/mol. The van der Waals surface area contributed by atoms with E-state index in [1.807, 2.05) is 19.2 Å². The highest BCUT2D eigenvalue weighted by molar-refractivity contribution is 5.45. The standard InChI is InChI=1S/C13H19NO2/c1-14-8-9-6-12(9)11-5-4-10(15-2)7-13(11)16-3/h4-5,7,9,12,14H,6,8H2,1-3H3/t9-,12-/m1/s1. The van der Waals surface area contributed by atoms with Crippen molar-refractivity contribution >= 4 is 0 Å². The molecule has 0 amide bonds. The van der Waals surface area contributed by atoms with Crippen LogP contribution >= 0.6 is 0 Å². The second-order valence-corrected chi connectivity index (χ2v) is 4.27. The van der Waals surface area contributed by atoms with Crippen LogP contribution in [0, 0.1) is 5.92 Å². The van der Waals surface area contributed by atoms with Crippen LogP contribution in [0.5, 0.6) is 11.5 Å². The fourth-order valence-corrected chi connectivity index (χ4v) is 2.24. The molecule has 0 unspecified atom stereocenters. The minimum atomic E-state index is 0.647. The molecule has 0 radical (unpaired) electrons. The Balaban J connectivity index is 2.15. The molecule has 1 aromatic rings. The Labute approximate surface area is 96.8 Å². The molecule has 1 N–H and O–H groups in total. The Morgan fingerprint density at radius 2 is 2.12 bits per heavy atom. The molecule has 2 atom stereocenters. The predicted molar refractivity (Wildman–Crippen MR) is 64.3 cm³/mol. The third-order valence-corrected chi connectivity index (χ3v) is 3.23. The lowest BCUT2D eigenvalue weighted by molar-refractivity contribution is 0.390. The SMILES string of the molecule is CNC[C@H]1C[C@H]1c1ccc(OC)cc1OC. The van der Waals surface area contributed by atoms with E-state index >= 15 is 0 Å². The molecule has 1 aliphatic carbocycles. The Hall–Kier alpha value is -1.22. The minimum Gasteiger partial charge on any atom is -0.497 e. The van der Waals surface area contributed by atoms with E-state index in [-0.39, 0.29) is 0 Å².